The van der Waals surface area contributed by atoms with Crippen LogP contribution in [0, 0.1) is 12.3 Å². The first-order chi connectivity index (χ1) is 8.70. The predicted molar refractivity (Wildman–Crippen MR) is 81.1 cm³/mol. The summed E-state index contributed by atoms with van der Waals surface area (Å²) in [5, 5.41) is 7.21. The average Bonchev–Trinajstić information content (AvgIpc) is 2.37. The second-order valence-electron chi connectivity index (χ2n) is 3.67. The molecule has 0 fully saturated rings. The van der Waals surface area contributed by atoms with E-state index in [-0.39, 0.29) is 12.1 Å². The number of aromatic nitrogens is 2. The van der Waals surface area contributed by atoms with Crippen molar-refractivity contribution < 1.29 is 0 Å². The summed E-state index contributed by atoms with van der Waals surface area (Å²) in [5.41, 5.74) is 0.513. The molecule has 18 heavy (non-hydrogen) atoms. The topological polar surface area (TPSA) is 46.9 Å². The fourth-order valence-electron chi connectivity index (χ4n) is 1.38. The molecule has 0 spiro atoms. The molecule has 0 radical (unpaired) electrons. The first kappa shape index (κ1) is 15.1. The summed E-state index contributed by atoms with van der Waals surface area (Å²) < 4.78 is 1.74. The molecule has 1 aromatic rings. The zero-order chi connectivity index (χ0) is 13.4. The number of nitrogens with one attached hydrogen (secondary N) is 1. The molecule has 0 amide bonds. The van der Waals surface area contributed by atoms with Gasteiger partial charge in [0.1, 0.15) is 11.0 Å². The van der Waals surface area contributed by atoms with Crippen molar-refractivity contribution in [3.05, 3.63) is 21.0 Å². The number of anilines is 1. The van der Waals surface area contributed by atoms with E-state index in [4.69, 9.17) is 6.42 Å². The lowest BCUT2D eigenvalue weighted by atomic mass is 10.3. The lowest BCUT2D eigenvalue weighted by Gasteiger charge is -2.09. The second kappa shape index (κ2) is 8.22. The summed E-state index contributed by atoms with van der Waals surface area (Å²) in [5.74, 6) is 3.55. The van der Waals surface area contributed by atoms with Crippen LogP contribution in [0.4, 0.5) is 5.69 Å². The third-order valence-corrected chi connectivity index (χ3v) is 3.78. The fraction of sp³-hybridized carbons (Fsp3) is 0.500. The summed E-state index contributed by atoms with van der Waals surface area (Å²) in [6, 6.07) is 0. The zero-order valence-electron chi connectivity index (χ0n) is 10.3. The highest BCUT2D eigenvalue weighted by Crippen LogP contribution is 2.16. The van der Waals surface area contributed by atoms with Crippen LogP contribution in [0.15, 0.2) is 15.5 Å². The number of terminal acetylenes is 1. The molecule has 1 heterocycles. The number of nitrogens with zero attached hydrogens (tertiary/aromatic N) is 2. The Bertz CT molecular complexity index is 481. The van der Waals surface area contributed by atoms with Crippen LogP contribution in [0.2, 0.25) is 0 Å². The summed E-state index contributed by atoms with van der Waals surface area (Å²) in [4.78, 5) is 11.8. The van der Waals surface area contributed by atoms with Crippen molar-refractivity contribution >= 4 is 33.4 Å². The number of hydrogen-bond acceptors (Lipinski definition) is 4. The molecule has 1 rings (SSSR count). The predicted octanol–water partition coefficient (Wildman–Crippen LogP) is 2.19. The monoisotopic (exact) mass is 329 g/mol. The highest BCUT2D eigenvalue weighted by atomic mass is 79.9. The molecule has 0 unspecified atom stereocenters. The minimum Gasteiger partial charge on any atom is -0.383 e. The van der Waals surface area contributed by atoms with Gasteiger partial charge in [-0.2, -0.15) is 16.9 Å². The molecule has 98 valence electrons. The molecule has 0 aliphatic rings. The summed E-state index contributed by atoms with van der Waals surface area (Å²) in [7, 11) is 0. The van der Waals surface area contributed by atoms with Gasteiger partial charge in [0.25, 0.3) is 5.56 Å². The Hall–Kier alpha value is -0.930. The zero-order valence-corrected chi connectivity index (χ0v) is 12.7. The van der Waals surface area contributed by atoms with Gasteiger partial charge in [0.2, 0.25) is 0 Å². The third kappa shape index (κ3) is 4.39. The number of halogens is 1. The maximum absolute atomic E-state index is 11.8. The van der Waals surface area contributed by atoms with Crippen LogP contribution in [0.25, 0.3) is 0 Å². The Balaban J connectivity index is 2.60. The lowest BCUT2D eigenvalue weighted by Crippen LogP contribution is -2.24. The maximum Gasteiger partial charge on any atom is 0.284 e. The van der Waals surface area contributed by atoms with Gasteiger partial charge in [-0.1, -0.05) is 5.92 Å². The summed E-state index contributed by atoms with van der Waals surface area (Å²) in [6.07, 6.45) is 11.1. The van der Waals surface area contributed by atoms with Crippen molar-refractivity contribution in [3.63, 3.8) is 0 Å². The van der Waals surface area contributed by atoms with Crippen LogP contribution in [0.1, 0.15) is 12.8 Å². The van der Waals surface area contributed by atoms with Gasteiger partial charge in [0, 0.05) is 6.54 Å². The molecule has 1 N–H and O–H groups in total. The van der Waals surface area contributed by atoms with Crippen molar-refractivity contribution in [1.82, 2.24) is 9.78 Å². The number of thioether (sulfide) groups is 1. The van der Waals surface area contributed by atoms with Gasteiger partial charge in [-0.25, -0.2) is 4.68 Å². The van der Waals surface area contributed by atoms with Crippen LogP contribution in [-0.4, -0.2) is 28.3 Å². The molecule has 0 aromatic carbocycles. The second-order valence-corrected chi connectivity index (χ2v) is 5.44. The molecular formula is C12H16BrN3OS. The molecular weight excluding hydrogens is 314 g/mol. The Morgan fingerprint density at radius 1 is 1.61 bits per heavy atom. The van der Waals surface area contributed by atoms with E-state index in [1.165, 1.54) is 4.68 Å². The molecule has 0 bridgehead atoms. The van der Waals surface area contributed by atoms with Crippen LogP contribution < -0.4 is 10.9 Å². The number of rotatable bonds is 7. The average molecular weight is 330 g/mol. The van der Waals surface area contributed by atoms with Crippen LogP contribution in [0.5, 0.6) is 0 Å². The van der Waals surface area contributed by atoms with E-state index in [0.29, 0.717) is 4.47 Å². The van der Waals surface area contributed by atoms with E-state index in [1.807, 2.05) is 11.8 Å². The molecule has 0 saturated carbocycles. The Morgan fingerprint density at radius 2 is 2.39 bits per heavy atom. The number of unbranched alkanes of at least 4 members (excludes halogenated alkanes) is 1. The molecule has 0 saturated heterocycles. The van der Waals surface area contributed by atoms with Crippen LogP contribution in [0.3, 0.4) is 0 Å². The highest BCUT2D eigenvalue weighted by molar-refractivity contribution is 9.10. The SMILES string of the molecule is C#CCn1ncc(NCCCCSC)c(Br)c1=O. The van der Waals surface area contributed by atoms with Crippen molar-refractivity contribution in [1.29, 1.82) is 0 Å². The van der Waals surface area contributed by atoms with Gasteiger partial charge < -0.3 is 5.32 Å². The minimum absolute atomic E-state index is 0.186. The van der Waals surface area contributed by atoms with Crippen LogP contribution in [-0.2, 0) is 6.54 Å². The summed E-state index contributed by atoms with van der Waals surface area (Å²) >= 11 is 5.11. The Kier molecular flexibility index (Phi) is 6.91. The molecule has 4 nitrogen and oxygen atoms in total. The van der Waals surface area contributed by atoms with E-state index in [9.17, 15) is 4.79 Å². The molecule has 0 aliphatic carbocycles. The van der Waals surface area contributed by atoms with Crippen molar-refractivity contribution in [2.45, 2.75) is 19.4 Å². The van der Waals surface area contributed by atoms with E-state index >= 15 is 0 Å². The summed E-state index contributed by atoms with van der Waals surface area (Å²) in [6.45, 7) is 1.02. The first-order valence-corrected chi connectivity index (χ1v) is 7.81. The smallest absolute Gasteiger partial charge is 0.284 e. The van der Waals surface area contributed by atoms with Gasteiger partial charge in [0.05, 0.1) is 11.9 Å². The largest absolute Gasteiger partial charge is 0.383 e. The van der Waals surface area contributed by atoms with Gasteiger partial charge in [-0.05, 0) is 40.8 Å². The lowest BCUT2D eigenvalue weighted by molar-refractivity contribution is 0.659. The fourth-order valence-corrected chi connectivity index (χ4v) is 2.32. The van der Waals surface area contributed by atoms with E-state index in [0.717, 1.165) is 30.8 Å². The van der Waals surface area contributed by atoms with E-state index in [2.05, 4.69) is 38.5 Å². The van der Waals surface area contributed by atoms with Gasteiger partial charge in [-0.15, -0.1) is 6.42 Å². The Labute approximate surface area is 120 Å². The third-order valence-electron chi connectivity index (χ3n) is 2.32. The highest BCUT2D eigenvalue weighted by Gasteiger charge is 2.07. The number of hydrogen-bond donors (Lipinski definition) is 1. The van der Waals surface area contributed by atoms with Crippen LogP contribution >= 0.6 is 27.7 Å². The van der Waals surface area contributed by atoms with E-state index < -0.39 is 0 Å². The molecule has 1 aromatic heterocycles. The molecule has 6 heteroatoms. The minimum atomic E-state index is -0.206. The first-order valence-electron chi connectivity index (χ1n) is 5.62. The quantitative estimate of drug-likeness (QED) is 0.615. The normalized spacial score (nSPS) is 10.1. The van der Waals surface area contributed by atoms with Crippen molar-refractivity contribution in [2.24, 2.45) is 0 Å². The van der Waals surface area contributed by atoms with Gasteiger partial charge >= 0.3 is 0 Å². The van der Waals surface area contributed by atoms with Crippen molar-refractivity contribution in [2.75, 3.05) is 23.9 Å². The van der Waals surface area contributed by atoms with Gasteiger partial charge in [-0.3, -0.25) is 4.79 Å². The molecule has 0 aliphatic heterocycles. The van der Waals surface area contributed by atoms with Gasteiger partial charge in [0.15, 0.2) is 0 Å². The Morgan fingerprint density at radius 3 is 3.06 bits per heavy atom. The standard InChI is InChI=1S/C12H16BrN3OS/c1-3-7-16-12(17)11(13)10(9-15-16)14-6-4-5-8-18-2/h1,9,14H,4-8H2,2H3. The van der Waals surface area contributed by atoms with Crippen molar-refractivity contribution in [3.8, 4) is 12.3 Å². The molecule has 0 atom stereocenters. The van der Waals surface area contributed by atoms with E-state index in [1.54, 1.807) is 6.20 Å². The maximum atomic E-state index is 11.8.